The van der Waals surface area contributed by atoms with Gasteiger partial charge in [0.15, 0.2) is 6.04 Å². The van der Waals surface area contributed by atoms with E-state index in [9.17, 15) is 14.0 Å². The molecule has 1 atom stereocenters. The number of carbonyl (C=O) groups is 2. The number of nitrogens with zero attached hydrogens (tertiary/aromatic N) is 1. The minimum atomic E-state index is -0.728. The maximum absolute atomic E-state index is 12.8. The summed E-state index contributed by atoms with van der Waals surface area (Å²) in [7, 11) is 1.27. The minimum absolute atomic E-state index is 0.128. The highest BCUT2D eigenvalue weighted by Gasteiger charge is 2.32. The van der Waals surface area contributed by atoms with Crippen LogP contribution in [-0.4, -0.2) is 49.7 Å². The van der Waals surface area contributed by atoms with Crippen molar-refractivity contribution in [2.45, 2.75) is 6.04 Å². The summed E-state index contributed by atoms with van der Waals surface area (Å²) in [4.78, 5) is 25.2. The van der Waals surface area contributed by atoms with Crippen molar-refractivity contribution in [2.75, 3.05) is 26.9 Å². The number of benzene rings is 1. The van der Waals surface area contributed by atoms with Gasteiger partial charge in [-0.05, 0) is 23.8 Å². The van der Waals surface area contributed by atoms with Crippen molar-refractivity contribution >= 4 is 18.0 Å². The van der Waals surface area contributed by atoms with Crippen LogP contribution in [0.5, 0.6) is 0 Å². The number of rotatable bonds is 3. The number of methoxy groups -OCH3 is 1. The van der Waals surface area contributed by atoms with Gasteiger partial charge < -0.3 is 14.4 Å². The Balaban J connectivity index is 2.06. The summed E-state index contributed by atoms with van der Waals surface area (Å²) in [5, 5.41) is 0. The number of ether oxygens (including phenoxy) is 2. The molecule has 6 heteroatoms. The SMILES string of the molecule is COC(=O)C1COCCN1C(=O)/C=C/c1ccc(F)cc1. The molecule has 1 saturated heterocycles. The highest BCUT2D eigenvalue weighted by Crippen LogP contribution is 2.11. The lowest BCUT2D eigenvalue weighted by Gasteiger charge is -2.32. The molecule has 0 spiro atoms. The maximum atomic E-state index is 12.8. The average molecular weight is 293 g/mol. The van der Waals surface area contributed by atoms with Gasteiger partial charge in [-0.1, -0.05) is 12.1 Å². The molecule has 1 aromatic rings. The van der Waals surface area contributed by atoms with Crippen molar-refractivity contribution in [3.63, 3.8) is 0 Å². The highest BCUT2D eigenvalue weighted by atomic mass is 19.1. The summed E-state index contributed by atoms with van der Waals surface area (Å²) in [6.07, 6.45) is 2.93. The smallest absolute Gasteiger partial charge is 0.331 e. The fraction of sp³-hybridized carbons (Fsp3) is 0.333. The third-order valence-electron chi connectivity index (χ3n) is 3.17. The molecule has 0 bridgehead atoms. The van der Waals surface area contributed by atoms with Crippen LogP contribution < -0.4 is 0 Å². The number of hydrogen-bond donors (Lipinski definition) is 0. The Labute approximate surface area is 121 Å². The van der Waals surface area contributed by atoms with Crippen LogP contribution in [0.25, 0.3) is 6.08 Å². The molecule has 2 rings (SSSR count). The van der Waals surface area contributed by atoms with E-state index in [0.29, 0.717) is 18.7 Å². The first-order valence-corrected chi connectivity index (χ1v) is 6.51. The van der Waals surface area contributed by atoms with E-state index in [1.165, 1.54) is 30.2 Å². The monoisotopic (exact) mass is 293 g/mol. The normalized spacial score (nSPS) is 18.8. The highest BCUT2D eigenvalue weighted by molar-refractivity contribution is 5.94. The third-order valence-corrected chi connectivity index (χ3v) is 3.17. The second-order valence-corrected chi connectivity index (χ2v) is 4.53. The van der Waals surface area contributed by atoms with E-state index in [1.807, 2.05) is 0 Å². The molecule has 1 heterocycles. The van der Waals surface area contributed by atoms with Crippen LogP contribution in [-0.2, 0) is 19.1 Å². The van der Waals surface area contributed by atoms with Crippen molar-refractivity contribution in [1.29, 1.82) is 0 Å². The lowest BCUT2D eigenvalue weighted by molar-refractivity contribution is -0.158. The molecule has 1 fully saturated rings. The number of esters is 1. The van der Waals surface area contributed by atoms with Gasteiger partial charge in [0.1, 0.15) is 5.82 Å². The Morgan fingerprint density at radius 1 is 1.38 bits per heavy atom. The largest absolute Gasteiger partial charge is 0.467 e. The third kappa shape index (κ3) is 3.88. The zero-order valence-electron chi connectivity index (χ0n) is 11.6. The average Bonchev–Trinajstić information content (AvgIpc) is 2.53. The molecule has 112 valence electrons. The van der Waals surface area contributed by atoms with Crippen LogP contribution in [0.15, 0.2) is 30.3 Å². The molecular formula is C15H16FNO4. The van der Waals surface area contributed by atoms with Crippen molar-refractivity contribution in [3.05, 3.63) is 41.7 Å². The van der Waals surface area contributed by atoms with E-state index < -0.39 is 12.0 Å². The molecule has 0 saturated carbocycles. The molecular weight excluding hydrogens is 277 g/mol. The molecule has 1 aromatic carbocycles. The van der Waals surface area contributed by atoms with Crippen molar-refractivity contribution in [3.8, 4) is 0 Å². The van der Waals surface area contributed by atoms with E-state index in [2.05, 4.69) is 4.74 Å². The van der Waals surface area contributed by atoms with E-state index in [4.69, 9.17) is 4.74 Å². The van der Waals surface area contributed by atoms with Gasteiger partial charge in [-0.15, -0.1) is 0 Å². The van der Waals surface area contributed by atoms with Crippen LogP contribution >= 0.6 is 0 Å². The van der Waals surface area contributed by atoms with E-state index in [-0.39, 0.29) is 18.3 Å². The summed E-state index contributed by atoms with van der Waals surface area (Å²) in [5.74, 6) is -1.14. The molecule has 5 nitrogen and oxygen atoms in total. The molecule has 0 aliphatic carbocycles. The molecule has 1 unspecified atom stereocenters. The maximum Gasteiger partial charge on any atom is 0.331 e. The van der Waals surface area contributed by atoms with Gasteiger partial charge in [-0.25, -0.2) is 9.18 Å². The fourth-order valence-electron chi connectivity index (χ4n) is 2.04. The van der Waals surface area contributed by atoms with Crippen LogP contribution in [0.2, 0.25) is 0 Å². The number of carbonyl (C=O) groups excluding carboxylic acids is 2. The van der Waals surface area contributed by atoms with Gasteiger partial charge in [0.2, 0.25) is 5.91 Å². The van der Waals surface area contributed by atoms with Crippen LogP contribution in [0.3, 0.4) is 0 Å². The van der Waals surface area contributed by atoms with Crippen LogP contribution in [0.1, 0.15) is 5.56 Å². The minimum Gasteiger partial charge on any atom is -0.467 e. The fourth-order valence-corrected chi connectivity index (χ4v) is 2.04. The quantitative estimate of drug-likeness (QED) is 0.621. The Morgan fingerprint density at radius 2 is 2.10 bits per heavy atom. The summed E-state index contributed by atoms with van der Waals surface area (Å²) in [5.41, 5.74) is 0.702. The molecule has 0 radical (unpaired) electrons. The predicted molar refractivity (Wildman–Crippen MR) is 73.8 cm³/mol. The summed E-state index contributed by atoms with van der Waals surface area (Å²) in [6.45, 7) is 0.832. The number of halogens is 1. The van der Waals surface area contributed by atoms with Crippen molar-refractivity contribution in [2.24, 2.45) is 0 Å². The van der Waals surface area contributed by atoms with E-state index >= 15 is 0 Å². The first-order valence-electron chi connectivity index (χ1n) is 6.51. The van der Waals surface area contributed by atoms with Crippen molar-refractivity contribution < 1.29 is 23.5 Å². The summed E-state index contributed by atoms with van der Waals surface area (Å²) < 4.78 is 22.7. The van der Waals surface area contributed by atoms with Gasteiger partial charge in [0.25, 0.3) is 0 Å². The number of morpholine rings is 1. The molecule has 0 aromatic heterocycles. The standard InChI is InChI=1S/C15H16FNO4/c1-20-15(19)13-10-21-9-8-17(13)14(18)7-4-11-2-5-12(16)6-3-11/h2-7,13H,8-10H2,1H3/b7-4+. The molecule has 1 amide bonds. The van der Waals surface area contributed by atoms with Crippen LogP contribution in [0, 0.1) is 5.82 Å². The Morgan fingerprint density at radius 3 is 2.76 bits per heavy atom. The lowest BCUT2D eigenvalue weighted by atomic mass is 10.2. The topological polar surface area (TPSA) is 55.8 Å². The zero-order valence-corrected chi connectivity index (χ0v) is 11.6. The summed E-state index contributed by atoms with van der Waals surface area (Å²) >= 11 is 0. The number of hydrogen-bond acceptors (Lipinski definition) is 4. The second-order valence-electron chi connectivity index (χ2n) is 4.53. The van der Waals surface area contributed by atoms with Gasteiger partial charge in [-0.2, -0.15) is 0 Å². The van der Waals surface area contributed by atoms with E-state index in [0.717, 1.165) is 0 Å². The van der Waals surface area contributed by atoms with Gasteiger partial charge in [0.05, 0.1) is 20.3 Å². The second kappa shape index (κ2) is 6.99. The summed E-state index contributed by atoms with van der Waals surface area (Å²) in [6, 6.07) is 5.03. The zero-order chi connectivity index (χ0) is 15.2. The molecule has 1 aliphatic heterocycles. The van der Waals surface area contributed by atoms with Crippen molar-refractivity contribution in [1.82, 2.24) is 4.90 Å². The Bertz CT molecular complexity index is 541. The number of amides is 1. The predicted octanol–water partition coefficient (Wildman–Crippen LogP) is 1.24. The molecule has 1 aliphatic rings. The molecule has 21 heavy (non-hydrogen) atoms. The Hall–Kier alpha value is -2.21. The molecule has 0 N–H and O–H groups in total. The first-order chi connectivity index (χ1) is 10.1. The first kappa shape index (κ1) is 15.2. The van der Waals surface area contributed by atoms with Gasteiger partial charge in [0, 0.05) is 12.6 Å². The van der Waals surface area contributed by atoms with E-state index in [1.54, 1.807) is 18.2 Å². The van der Waals surface area contributed by atoms with Gasteiger partial charge >= 0.3 is 5.97 Å². The van der Waals surface area contributed by atoms with Gasteiger partial charge in [-0.3, -0.25) is 4.79 Å². The Kier molecular flexibility index (Phi) is 5.05. The lowest BCUT2D eigenvalue weighted by Crippen LogP contribution is -2.52. The van der Waals surface area contributed by atoms with Crippen LogP contribution in [0.4, 0.5) is 4.39 Å².